The van der Waals surface area contributed by atoms with Crippen LogP contribution in [0.1, 0.15) is 59.3 Å². The first-order valence-corrected chi connectivity index (χ1v) is 5.98. The van der Waals surface area contributed by atoms with Gasteiger partial charge in [-0.3, -0.25) is 0 Å². The number of rotatable bonds is 8. The van der Waals surface area contributed by atoms with Crippen molar-refractivity contribution >= 4 is 5.97 Å². The minimum atomic E-state index is -1.51. The van der Waals surface area contributed by atoms with Crippen LogP contribution in [0.4, 0.5) is 0 Å². The molecule has 0 amide bonds. The van der Waals surface area contributed by atoms with Crippen LogP contribution in [0.25, 0.3) is 0 Å². The highest BCUT2D eigenvalue weighted by atomic mass is 16.4. The lowest BCUT2D eigenvalue weighted by atomic mass is 9.78. The third-order valence-corrected chi connectivity index (χ3v) is 2.95. The molecule has 0 aromatic heterocycles. The van der Waals surface area contributed by atoms with E-state index in [2.05, 4.69) is 0 Å². The smallest absolute Gasteiger partial charge is 0.335 e. The molecule has 0 aliphatic heterocycles. The van der Waals surface area contributed by atoms with Crippen LogP contribution in [-0.4, -0.2) is 21.8 Å². The van der Waals surface area contributed by atoms with Crippen LogP contribution in [-0.2, 0) is 4.79 Å². The molecule has 0 fully saturated rings. The number of aliphatic hydroxyl groups is 1. The molecule has 0 aromatic rings. The summed E-state index contributed by atoms with van der Waals surface area (Å²) < 4.78 is 0. The van der Waals surface area contributed by atoms with E-state index in [1.54, 1.807) is 0 Å². The Morgan fingerprint density at radius 2 is 1.60 bits per heavy atom. The van der Waals surface area contributed by atoms with Crippen molar-refractivity contribution in [3.63, 3.8) is 0 Å². The van der Waals surface area contributed by atoms with E-state index >= 15 is 0 Å². The summed E-state index contributed by atoms with van der Waals surface area (Å²) in [6.07, 6.45) is 4.47. The van der Waals surface area contributed by atoms with Gasteiger partial charge in [-0.15, -0.1) is 0 Å². The van der Waals surface area contributed by atoms with Gasteiger partial charge in [0.2, 0.25) is 0 Å². The maximum absolute atomic E-state index is 11.2. The number of carbonyl (C=O) groups is 1. The summed E-state index contributed by atoms with van der Waals surface area (Å²) in [5, 5.41) is 19.3. The summed E-state index contributed by atoms with van der Waals surface area (Å²) in [6.45, 7) is 5.95. The lowest BCUT2D eigenvalue weighted by Crippen LogP contribution is -2.45. The van der Waals surface area contributed by atoms with Gasteiger partial charge in [0, 0.05) is 0 Å². The average molecular weight is 216 g/mol. The van der Waals surface area contributed by atoms with E-state index in [9.17, 15) is 9.90 Å². The van der Waals surface area contributed by atoms with Crippen molar-refractivity contribution in [2.75, 3.05) is 0 Å². The fraction of sp³-hybridized carbons (Fsp3) is 0.917. The highest BCUT2D eigenvalue weighted by molar-refractivity contribution is 5.77. The van der Waals surface area contributed by atoms with Crippen molar-refractivity contribution in [2.24, 2.45) is 5.92 Å². The molecule has 0 radical (unpaired) electrons. The number of carboxylic acid groups (broad SMARTS) is 1. The first-order valence-electron chi connectivity index (χ1n) is 5.98. The maximum Gasteiger partial charge on any atom is 0.335 e. The topological polar surface area (TPSA) is 57.5 Å². The number of hydrogen-bond acceptors (Lipinski definition) is 2. The molecule has 0 saturated heterocycles. The number of aliphatic carboxylic acids is 1. The van der Waals surface area contributed by atoms with Crippen LogP contribution in [0.2, 0.25) is 0 Å². The lowest BCUT2D eigenvalue weighted by Gasteiger charge is -2.32. The molecule has 90 valence electrons. The lowest BCUT2D eigenvalue weighted by molar-refractivity contribution is -0.167. The predicted octanol–water partition coefficient (Wildman–Crippen LogP) is 2.82. The minimum Gasteiger partial charge on any atom is -0.479 e. The number of hydrogen-bond donors (Lipinski definition) is 2. The molecule has 0 spiro atoms. The van der Waals surface area contributed by atoms with E-state index in [1.165, 1.54) is 0 Å². The zero-order valence-electron chi connectivity index (χ0n) is 10.1. The fourth-order valence-electron chi connectivity index (χ4n) is 2.19. The molecule has 2 N–H and O–H groups in total. The first-order chi connectivity index (χ1) is 7.02. The molecule has 3 nitrogen and oxygen atoms in total. The zero-order valence-corrected chi connectivity index (χ0v) is 10.1. The third kappa shape index (κ3) is 3.82. The van der Waals surface area contributed by atoms with Crippen LogP contribution < -0.4 is 0 Å². The van der Waals surface area contributed by atoms with Crippen molar-refractivity contribution in [2.45, 2.75) is 64.9 Å². The van der Waals surface area contributed by atoms with Gasteiger partial charge in [-0.05, 0) is 25.2 Å². The summed E-state index contributed by atoms with van der Waals surface area (Å²) in [5.74, 6) is -1.17. The highest BCUT2D eigenvalue weighted by Crippen LogP contribution is 2.31. The molecule has 0 aliphatic carbocycles. The highest BCUT2D eigenvalue weighted by Gasteiger charge is 2.41. The summed E-state index contributed by atoms with van der Waals surface area (Å²) in [5.41, 5.74) is -1.51. The SMILES string of the molecule is CCCC(CCC)C(O)(CCC)C(=O)O. The molecular formula is C12H24O3. The van der Waals surface area contributed by atoms with Crippen molar-refractivity contribution in [3.8, 4) is 0 Å². The van der Waals surface area contributed by atoms with E-state index < -0.39 is 11.6 Å². The van der Waals surface area contributed by atoms with Gasteiger partial charge in [0.15, 0.2) is 5.60 Å². The molecular weight excluding hydrogens is 192 g/mol. The molecule has 0 bridgehead atoms. The quantitative estimate of drug-likeness (QED) is 0.656. The Morgan fingerprint density at radius 1 is 1.13 bits per heavy atom. The van der Waals surface area contributed by atoms with Gasteiger partial charge in [0.05, 0.1) is 0 Å². The van der Waals surface area contributed by atoms with Crippen molar-refractivity contribution < 1.29 is 15.0 Å². The Hall–Kier alpha value is -0.570. The van der Waals surface area contributed by atoms with E-state index in [-0.39, 0.29) is 5.92 Å². The van der Waals surface area contributed by atoms with Gasteiger partial charge in [-0.2, -0.15) is 0 Å². The van der Waals surface area contributed by atoms with Gasteiger partial charge < -0.3 is 10.2 Å². The van der Waals surface area contributed by atoms with E-state index in [0.29, 0.717) is 12.8 Å². The Bertz CT molecular complexity index is 185. The summed E-state index contributed by atoms with van der Waals surface area (Å²) in [7, 11) is 0. The minimum absolute atomic E-state index is 0.107. The molecule has 0 rings (SSSR count). The normalized spacial score (nSPS) is 15.3. The second kappa shape index (κ2) is 6.83. The molecule has 0 aromatic carbocycles. The monoisotopic (exact) mass is 216 g/mol. The standard InChI is InChI=1S/C12H24O3/c1-4-7-10(8-5-2)12(15,9-6-3)11(13)14/h10,15H,4-9H2,1-3H3,(H,13,14). The van der Waals surface area contributed by atoms with Crippen LogP contribution in [0.5, 0.6) is 0 Å². The summed E-state index contributed by atoms with van der Waals surface area (Å²) >= 11 is 0. The molecule has 15 heavy (non-hydrogen) atoms. The molecule has 0 saturated carbocycles. The summed E-state index contributed by atoms with van der Waals surface area (Å²) in [6, 6.07) is 0. The van der Waals surface area contributed by atoms with Gasteiger partial charge in [-0.1, -0.05) is 40.0 Å². The van der Waals surface area contributed by atoms with Crippen LogP contribution in [0.15, 0.2) is 0 Å². The third-order valence-electron chi connectivity index (χ3n) is 2.95. The van der Waals surface area contributed by atoms with Crippen molar-refractivity contribution in [1.82, 2.24) is 0 Å². The largest absolute Gasteiger partial charge is 0.479 e. The fourth-order valence-corrected chi connectivity index (χ4v) is 2.19. The molecule has 3 heteroatoms. The predicted molar refractivity (Wildman–Crippen MR) is 60.8 cm³/mol. The molecule has 0 heterocycles. The number of carboxylic acids is 1. The van der Waals surface area contributed by atoms with E-state index in [4.69, 9.17) is 5.11 Å². The second-order valence-electron chi connectivity index (χ2n) is 4.25. The summed E-state index contributed by atoms with van der Waals surface area (Å²) in [4.78, 5) is 11.2. The maximum atomic E-state index is 11.2. The zero-order chi connectivity index (χ0) is 11.9. The van der Waals surface area contributed by atoms with Gasteiger partial charge in [-0.25, -0.2) is 4.79 Å². The van der Waals surface area contributed by atoms with Crippen LogP contribution in [0.3, 0.4) is 0 Å². The molecule has 1 atom stereocenters. The molecule has 1 unspecified atom stereocenters. The Morgan fingerprint density at radius 3 is 1.87 bits per heavy atom. The molecule has 0 aliphatic rings. The Balaban J connectivity index is 4.72. The first kappa shape index (κ1) is 14.4. The van der Waals surface area contributed by atoms with E-state index in [0.717, 1.165) is 25.7 Å². The van der Waals surface area contributed by atoms with E-state index in [1.807, 2.05) is 20.8 Å². The van der Waals surface area contributed by atoms with Crippen LogP contribution >= 0.6 is 0 Å². The van der Waals surface area contributed by atoms with Gasteiger partial charge >= 0.3 is 5.97 Å². The van der Waals surface area contributed by atoms with Gasteiger partial charge in [0.1, 0.15) is 0 Å². The Labute approximate surface area is 92.5 Å². The van der Waals surface area contributed by atoms with Crippen molar-refractivity contribution in [1.29, 1.82) is 0 Å². The Kier molecular flexibility index (Phi) is 6.57. The average Bonchev–Trinajstić information content (AvgIpc) is 2.17. The van der Waals surface area contributed by atoms with Gasteiger partial charge in [0.25, 0.3) is 0 Å². The second-order valence-corrected chi connectivity index (χ2v) is 4.25. The van der Waals surface area contributed by atoms with Crippen LogP contribution in [0, 0.1) is 5.92 Å². The van der Waals surface area contributed by atoms with Crippen molar-refractivity contribution in [3.05, 3.63) is 0 Å².